The van der Waals surface area contributed by atoms with Crippen LogP contribution in [0.1, 0.15) is 37.0 Å². The predicted molar refractivity (Wildman–Crippen MR) is 79.2 cm³/mol. The molecule has 0 aliphatic heterocycles. The Morgan fingerprint density at radius 1 is 1.18 bits per heavy atom. The predicted octanol–water partition coefficient (Wildman–Crippen LogP) is 3.81. The highest BCUT2D eigenvalue weighted by molar-refractivity contribution is 6.62. The van der Waals surface area contributed by atoms with E-state index < -0.39 is 0 Å². The van der Waals surface area contributed by atoms with Crippen molar-refractivity contribution < 1.29 is 0 Å². The minimum absolute atomic E-state index is 1.07. The minimum Gasteiger partial charge on any atom is -0.103 e. The molecule has 1 heteroatoms. The second-order valence-electron chi connectivity index (χ2n) is 4.58. The average Bonchev–Trinajstić information content (AvgIpc) is 2.27. The first-order chi connectivity index (χ1) is 8.08. The van der Waals surface area contributed by atoms with E-state index >= 15 is 0 Å². The van der Waals surface area contributed by atoms with Crippen molar-refractivity contribution in [3.8, 4) is 0 Å². The van der Waals surface area contributed by atoms with Crippen LogP contribution < -0.4 is 5.46 Å². The number of rotatable bonds is 4. The molecule has 0 bridgehead atoms. The third-order valence-electron chi connectivity index (χ3n) is 2.98. The van der Waals surface area contributed by atoms with Crippen LogP contribution in [0, 0.1) is 20.8 Å². The van der Waals surface area contributed by atoms with Crippen LogP contribution in [0.25, 0.3) is 0 Å². The van der Waals surface area contributed by atoms with E-state index in [1.54, 1.807) is 0 Å². The van der Waals surface area contributed by atoms with Crippen molar-refractivity contribution in [2.45, 2.75) is 41.0 Å². The van der Waals surface area contributed by atoms with Crippen LogP contribution in [0.3, 0.4) is 0 Å². The molecule has 0 unspecified atom stereocenters. The molecule has 0 amide bonds. The Hall–Kier alpha value is -1.24. The molecule has 0 aliphatic carbocycles. The number of aryl methyl sites for hydroxylation is 3. The van der Waals surface area contributed by atoms with Crippen LogP contribution in [0.2, 0.25) is 0 Å². The molecule has 0 heterocycles. The summed E-state index contributed by atoms with van der Waals surface area (Å²) in [7, 11) is 2.31. The van der Waals surface area contributed by atoms with E-state index in [0.29, 0.717) is 0 Å². The zero-order chi connectivity index (χ0) is 12.8. The zero-order valence-corrected chi connectivity index (χ0v) is 11.7. The first-order valence-corrected chi connectivity index (χ1v) is 6.33. The van der Waals surface area contributed by atoms with Gasteiger partial charge in [0, 0.05) is 0 Å². The van der Waals surface area contributed by atoms with Gasteiger partial charge in [0.25, 0.3) is 0 Å². The molecule has 0 aromatic heterocycles. The lowest BCUT2D eigenvalue weighted by Gasteiger charge is -2.11. The van der Waals surface area contributed by atoms with Crippen molar-refractivity contribution in [3.05, 3.63) is 52.5 Å². The van der Waals surface area contributed by atoms with Gasteiger partial charge in [0.1, 0.15) is 0 Å². The van der Waals surface area contributed by atoms with Gasteiger partial charge in [-0.25, -0.2) is 0 Å². The molecule has 1 aromatic carbocycles. The summed E-state index contributed by atoms with van der Waals surface area (Å²) in [5.41, 5.74) is 6.81. The Kier molecular flexibility index (Phi) is 5.28. The minimum atomic E-state index is 1.07. The summed E-state index contributed by atoms with van der Waals surface area (Å²) in [5.74, 6) is 0. The van der Waals surface area contributed by atoms with Gasteiger partial charge in [-0.3, -0.25) is 0 Å². The molecule has 0 saturated carbocycles. The highest BCUT2D eigenvalue weighted by Crippen LogP contribution is 2.08. The van der Waals surface area contributed by atoms with Gasteiger partial charge in [-0.15, -0.1) is 5.47 Å². The standard InChI is InChI=1S/C16H22B/c1-6-8-9-15(7-2)17-16-13(4)10-12(3)11-14(16)5/h6,8-11H,7H2,1-5H3/b8-6-,15-9+. The Morgan fingerprint density at radius 2 is 1.76 bits per heavy atom. The molecule has 0 aliphatic rings. The summed E-state index contributed by atoms with van der Waals surface area (Å²) < 4.78 is 0. The molecule has 1 rings (SSSR count). The van der Waals surface area contributed by atoms with Crippen LogP contribution in [-0.4, -0.2) is 7.28 Å². The lowest BCUT2D eigenvalue weighted by molar-refractivity contribution is 1.19. The lowest BCUT2D eigenvalue weighted by atomic mass is 9.59. The molecular formula is C16H22B. The molecule has 0 atom stereocenters. The quantitative estimate of drug-likeness (QED) is 0.540. The Bertz CT molecular complexity index is 416. The Balaban J connectivity index is 3.02. The van der Waals surface area contributed by atoms with E-state index in [0.717, 1.165) is 6.42 Å². The number of hydrogen-bond donors (Lipinski definition) is 0. The summed E-state index contributed by atoms with van der Waals surface area (Å²) in [6, 6.07) is 4.50. The molecule has 0 spiro atoms. The smallest absolute Gasteiger partial charge is 0.103 e. The van der Waals surface area contributed by atoms with Gasteiger partial charge >= 0.3 is 0 Å². The fourth-order valence-corrected chi connectivity index (χ4v) is 2.09. The Morgan fingerprint density at radius 3 is 2.24 bits per heavy atom. The topological polar surface area (TPSA) is 0 Å². The average molecular weight is 225 g/mol. The monoisotopic (exact) mass is 225 g/mol. The summed E-state index contributed by atoms with van der Waals surface area (Å²) >= 11 is 0. The van der Waals surface area contributed by atoms with Gasteiger partial charge in [0.15, 0.2) is 7.28 Å². The van der Waals surface area contributed by atoms with Gasteiger partial charge in [0.2, 0.25) is 0 Å². The second kappa shape index (κ2) is 6.49. The second-order valence-corrected chi connectivity index (χ2v) is 4.58. The molecule has 0 N–H and O–H groups in total. The van der Waals surface area contributed by atoms with Gasteiger partial charge in [-0.2, -0.15) is 0 Å². The van der Waals surface area contributed by atoms with Gasteiger partial charge in [0.05, 0.1) is 0 Å². The van der Waals surface area contributed by atoms with Crippen LogP contribution in [0.4, 0.5) is 0 Å². The third kappa shape index (κ3) is 3.92. The zero-order valence-electron chi connectivity index (χ0n) is 11.7. The summed E-state index contributed by atoms with van der Waals surface area (Å²) in [5, 5.41) is 0. The SMILES string of the molecule is C/C=C\C=C(\[B]c1c(C)cc(C)cc1C)CC. The van der Waals surface area contributed by atoms with Crippen molar-refractivity contribution in [2.75, 3.05) is 0 Å². The molecular weight excluding hydrogens is 203 g/mol. The first kappa shape index (κ1) is 13.8. The van der Waals surface area contributed by atoms with E-state index in [1.165, 1.54) is 27.6 Å². The van der Waals surface area contributed by atoms with Crippen LogP contribution in [-0.2, 0) is 0 Å². The molecule has 1 aromatic rings. The van der Waals surface area contributed by atoms with Crippen molar-refractivity contribution in [1.82, 2.24) is 0 Å². The normalized spacial score (nSPS) is 12.2. The fraction of sp³-hybridized carbons (Fsp3) is 0.375. The highest BCUT2D eigenvalue weighted by Gasteiger charge is 2.07. The van der Waals surface area contributed by atoms with E-state index in [1.807, 2.05) is 6.92 Å². The molecule has 0 saturated heterocycles. The summed E-state index contributed by atoms with van der Waals surface area (Å²) in [6.45, 7) is 10.8. The largest absolute Gasteiger partial charge is 0.186 e. The highest BCUT2D eigenvalue weighted by atomic mass is 14.0. The summed E-state index contributed by atoms with van der Waals surface area (Å²) in [6.07, 6.45) is 7.43. The molecule has 1 radical (unpaired) electrons. The maximum absolute atomic E-state index is 2.31. The maximum atomic E-state index is 2.31. The van der Waals surface area contributed by atoms with E-state index in [2.05, 4.69) is 65.3 Å². The van der Waals surface area contributed by atoms with Crippen molar-refractivity contribution >= 4 is 12.7 Å². The molecule has 89 valence electrons. The van der Waals surface area contributed by atoms with Crippen LogP contribution >= 0.6 is 0 Å². The number of benzene rings is 1. The van der Waals surface area contributed by atoms with Gasteiger partial charge in [-0.1, -0.05) is 59.4 Å². The van der Waals surface area contributed by atoms with Crippen LogP contribution in [0.5, 0.6) is 0 Å². The summed E-state index contributed by atoms with van der Waals surface area (Å²) in [4.78, 5) is 0. The maximum Gasteiger partial charge on any atom is 0.186 e. The van der Waals surface area contributed by atoms with Crippen molar-refractivity contribution in [1.29, 1.82) is 0 Å². The first-order valence-electron chi connectivity index (χ1n) is 6.33. The number of hydrogen-bond acceptors (Lipinski definition) is 0. The lowest BCUT2D eigenvalue weighted by Crippen LogP contribution is -2.23. The Labute approximate surface area is 107 Å². The number of allylic oxidation sites excluding steroid dienone is 4. The van der Waals surface area contributed by atoms with Gasteiger partial charge in [-0.05, 0) is 34.1 Å². The van der Waals surface area contributed by atoms with Crippen molar-refractivity contribution in [3.63, 3.8) is 0 Å². The fourth-order valence-electron chi connectivity index (χ4n) is 2.09. The van der Waals surface area contributed by atoms with Gasteiger partial charge < -0.3 is 0 Å². The third-order valence-corrected chi connectivity index (χ3v) is 2.98. The van der Waals surface area contributed by atoms with E-state index in [-0.39, 0.29) is 0 Å². The van der Waals surface area contributed by atoms with E-state index in [4.69, 9.17) is 0 Å². The van der Waals surface area contributed by atoms with Crippen molar-refractivity contribution in [2.24, 2.45) is 0 Å². The van der Waals surface area contributed by atoms with E-state index in [9.17, 15) is 0 Å². The molecule has 0 nitrogen and oxygen atoms in total. The molecule has 17 heavy (non-hydrogen) atoms. The van der Waals surface area contributed by atoms with Crippen LogP contribution in [0.15, 0.2) is 35.8 Å². The molecule has 0 fully saturated rings.